The van der Waals surface area contributed by atoms with Crippen LogP contribution in [0.1, 0.15) is 16.8 Å². The van der Waals surface area contributed by atoms with E-state index in [1.54, 1.807) is 6.33 Å². The maximum absolute atomic E-state index is 12.1. The van der Waals surface area contributed by atoms with Crippen LogP contribution in [0.3, 0.4) is 0 Å². The summed E-state index contributed by atoms with van der Waals surface area (Å²) in [6, 6.07) is 5.79. The van der Waals surface area contributed by atoms with Crippen molar-refractivity contribution in [2.45, 2.75) is 12.5 Å². The number of nitrogens with one attached hydrogen (secondary N) is 2. The van der Waals surface area contributed by atoms with Crippen molar-refractivity contribution < 1.29 is 4.79 Å². The normalized spacial score (nSPS) is 20.4. The fraction of sp³-hybridized carbons (Fsp3) is 0.385. The zero-order valence-corrected chi connectivity index (χ0v) is 10.3. The van der Waals surface area contributed by atoms with Crippen LogP contribution in [0, 0.1) is 0 Å². The van der Waals surface area contributed by atoms with Crippen molar-refractivity contribution in [3.05, 3.63) is 30.1 Å². The van der Waals surface area contributed by atoms with Crippen molar-refractivity contribution in [1.82, 2.24) is 20.2 Å². The third-order valence-electron chi connectivity index (χ3n) is 3.41. The predicted molar refractivity (Wildman–Crippen MR) is 69.5 cm³/mol. The van der Waals surface area contributed by atoms with Crippen LogP contribution in [0.25, 0.3) is 11.0 Å². The molecule has 0 saturated carbocycles. The monoisotopic (exact) mass is 244 g/mol. The van der Waals surface area contributed by atoms with Gasteiger partial charge >= 0.3 is 0 Å². The second kappa shape index (κ2) is 4.42. The molecule has 2 heterocycles. The van der Waals surface area contributed by atoms with E-state index in [-0.39, 0.29) is 11.9 Å². The molecule has 1 fully saturated rings. The highest BCUT2D eigenvalue weighted by Crippen LogP contribution is 2.13. The summed E-state index contributed by atoms with van der Waals surface area (Å²) in [5.41, 5.74) is 2.46. The number of hydrogen-bond donors (Lipinski definition) is 2. The number of likely N-dealkylation sites (tertiary alicyclic amines) is 1. The molecule has 1 aromatic carbocycles. The molecule has 0 spiro atoms. The first-order chi connectivity index (χ1) is 8.72. The summed E-state index contributed by atoms with van der Waals surface area (Å²) in [5.74, 6) is -0.00759. The van der Waals surface area contributed by atoms with E-state index in [1.807, 2.05) is 18.2 Å². The second-order valence-corrected chi connectivity index (χ2v) is 4.86. The number of rotatable bonds is 2. The van der Waals surface area contributed by atoms with Gasteiger partial charge in [-0.2, -0.15) is 0 Å². The van der Waals surface area contributed by atoms with Gasteiger partial charge in [0.05, 0.1) is 17.4 Å². The Balaban J connectivity index is 1.75. The van der Waals surface area contributed by atoms with Gasteiger partial charge in [-0.05, 0) is 38.2 Å². The van der Waals surface area contributed by atoms with Gasteiger partial charge in [0.15, 0.2) is 0 Å². The van der Waals surface area contributed by atoms with Crippen LogP contribution < -0.4 is 5.32 Å². The molecule has 0 radical (unpaired) electrons. The lowest BCUT2D eigenvalue weighted by atomic mass is 10.1. The summed E-state index contributed by atoms with van der Waals surface area (Å²) in [6.45, 7) is 1.97. The summed E-state index contributed by atoms with van der Waals surface area (Å²) in [7, 11) is 2.07. The molecule has 94 valence electrons. The number of likely N-dealkylation sites (N-methyl/N-ethyl adjacent to an activating group) is 1. The van der Waals surface area contributed by atoms with Crippen molar-refractivity contribution in [2.24, 2.45) is 0 Å². The molecule has 1 aromatic heterocycles. The van der Waals surface area contributed by atoms with Crippen LogP contribution in [0.2, 0.25) is 0 Å². The number of aromatic amines is 1. The van der Waals surface area contributed by atoms with Crippen LogP contribution in [-0.2, 0) is 0 Å². The van der Waals surface area contributed by atoms with E-state index in [9.17, 15) is 4.79 Å². The molecule has 2 N–H and O–H groups in total. The van der Waals surface area contributed by atoms with Gasteiger partial charge in [0.2, 0.25) is 0 Å². The number of fused-ring (bicyclic) bond motifs is 1. The lowest BCUT2D eigenvalue weighted by Crippen LogP contribution is -2.36. The molecule has 18 heavy (non-hydrogen) atoms. The number of nitrogens with zero attached hydrogens (tertiary/aromatic N) is 2. The average Bonchev–Trinajstić information content (AvgIpc) is 2.96. The van der Waals surface area contributed by atoms with Crippen molar-refractivity contribution in [3.63, 3.8) is 0 Å². The molecular weight excluding hydrogens is 228 g/mol. The Morgan fingerprint density at radius 3 is 3.22 bits per heavy atom. The van der Waals surface area contributed by atoms with Crippen LogP contribution in [0.5, 0.6) is 0 Å². The third kappa shape index (κ3) is 2.09. The fourth-order valence-corrected chi connectivity index (χ4v) is 2.40. The van der Waals surface area contributed by atoms with Crippen molar-refractivity contribution in [2.75, 3.05) is 20.1 Å². The van der Waals surface area contributed by atoms with Crippen LogP contribution >= 0.6 is 0 Å². The Hall–Kier alpha value is -1.88. The van der Waals surface area contributed by atoms with E-state index in [0.717, 1.165) is 30.5 Å². The fourth-order valence-electron chi connectivity index (χ4n) is 2.40. The van der Waals surface area contributed by atoms with E-state index < -0.39 is 0 Å². The smallest absolute Gasteiger partial charge is 0.251 e. The van der Waals surface area contributed by atoms with Gasteiger partial charge in [0, 0.05) is 18.2 Å². The van der Waals surface area contributed by atoms with Gasteiger partial charge < -0.3 is 15.2 Å². The minimum atomic E-state index is -0.00759. The highest BCUT2D eigenvalue weighted by molar-refractivity contribution is 5.97. The molecule has 1 amide bonds. The summed E-state index contributed by atoms with van der Waals surface area (Å²) in [6.07, 6.45) is 2.66. The van der Waals surface area contributed by atoms with Crippen LogP contribution in [0.4, 0.5) is 0 Å². The summed E-state index contributed by atoms with van der Waals surface area (Å²) in [4.78, 5) is 21.5. The first-order valence-corrected chi connectivity index (χ1v) is 6.15. The lowest BCUT2D eigenvalue weighted by molar-refractivity contribution is 0.0938. The SMILES string of the molecule is CN1CCC(NC(=O)c2ccc3nc[nH]c3c2)C1. The maximum Gasteiger partial charge on any atom is 0.251 e. The zero-order valence-electron chi connectivity index (χ0n) is 10.3. The number of H-pyrrole nitrogens is 1. The van der Waals surface area contributed by atoms with Gasteiger partial charge in [-0.25, -0.2) is 4.98 Å². The molecule has 3 rings (SSSR count). The predicted octanol–water partition coefficient (Wildman–Crippen LogP) is 0.997. The topological polar surface area (TPSA) is 61.0 Å². The zero-order chi connectivity index (χ0) is 12.5. The summed E-state index contributed by atoms with van der Waals surface area (Å²) < 4.78 is 0. The van der Waals surface area contributed by atoms with Gasteiger partial charge in [-0.1, -0.05) is 0 Å². The van der Waals surface area contributed by atoms with E-state index in [1.165, 1.54) is 0 Å². The summed E-state index contributed by atoms with van der Waals surface area (Å²) >= 11 is 0. The molecule has 2 aromatic rings. The number of imidazole rings is 1. The van der Waals surface area contributed by atoms with E-state index in [0.29, 0.717) is 5.56 Å². The first kappa shape index (κ1) is 11.2. The van der Waals surface area contributed by atoms with Crippen molar-refractivity contribution >= 4 is 16.9 Å². The molecule has 1 unspecified atom stereocenters. The Bertz CT molecular complexity index is 577. The van der Waals surface area contributed by atoms with Crippen LogP contribution in [0.15, 0.2) is 24.5 Å². The number of carbonyl (C=O) groups excluding carboxylic acids is 1. The standard InChI is InChI=1S/C13H16N4O/c1-17-5-4-10(7-17)16-13(18)9-2-3-11-12(6-9)15-8-14-11/h2-3,6,8,10H,4-5,7H2,1H3,(H,14,15)(H,16,18). The molecule has 1 aliphatic rings. The van der Waals surface area contributed by atoms with Gasteiger partial charge in [-0.15, -0.1) is 0 Å². The number of carbonyl (C=O) groups is 1. The minimum absolute atomic E-state index is 0.00759. The van der Waals surface area contributed by atoms with Gasteiger partial charge in [-0.3, -0.25) is 4.79 Å². The maximum atomic E-state index is 12.1. The van der Waals surface area contributed by atoms with Crippen molar-refractivity contribution in [3.8, 4) is 0 Å². The molecule has 1 atom stereocenters. The van der Waals surface area contributed by atoms with Crippen LogP contribution in [-0.4, -0.2) is 47.0 Å². The molecule has 0 bridgehead atoms. The van der Waals surface area contributed by atoms with E-state index in [2.05, 4.69) is 27.2 Å². The number of hydrogen-bond acceptors (Lipinski definition) is 3. The largest absolute Gasteiger partial charge is 0.348 e. The van der Waals surface area contributed by atoms with E-state index >= 15 is 0 Å². The first-order valence-electron chi connectivity index (χ1n) is 6.15. The van der Waals surface area contributed by atoms with Crippen molar-refractivity contribution in [1.29, 1.82) is 0 Å². The third-order valence-corrected chi connectivity index (χ3v) is 3.41. The van der Waals surface area contributed by atoms with E-state index in [4.69, 9.17) is 0 Å². The minimum Gasteiger partial charge on any atom is -0.348 e. The molecular formula is C13H16N4O. The number of aromatic nitrogens is 2. The Labute approximate surface area is 105 Å². The highest BCUT2D eigenvalue weighted by Gasteiger charge is 2.21. The Kier molecular flexibility index (Phi) is 2.76. The quantitative estimate of drug-likeness (QED) is 0.828. The highest BCUT2D eigenvalue weighted by atomic mass is 16.1. The number of amides is 1. The lowest BCUT2D eigenvalue weighted by Gasteiger charge is -2.12. The molecule has 5 nitrogen and oxygen atoms in total. The van der Waals surface area contributed by atoms with Gasteiger partial charge in [0.25, 0.3) is 5.91 Å². The number of benzene rings is 1. The summed E-state index contributed by atoms with van der Waals surface area (Å²) in [5, 5.41) is 3.07. The molecule has 5 heteroatoms. The second-order valence-electron chi connectivity index (χ2n) is 4.86. The molecule has 1 saturated heterocycles. The molecule has 0 aliphatic carbocycles. The molecule has 1 aliphatic heterocycles. The Morgan fingerprint density at radius 1 is 1.56 bits per heavy atom. The Morgan fingerprint density at radius 2 is 2.44 bits per heavy atom. The van der Waals surface area contributed by atoms with Gasteiger partial charge in [0.1, 0.15) is 0 Å². The average molecular weight is 244 g/mol.